The summed E-state index contributed by atoms with van der Waals surface area (Å²) in [4.78, 5) is 28.5. The third-order valence-electron chi connectivity index (χ3n) is 0. The van der Waals surface area contributed by atoms with Crippen LogP contribution < -0.4 is 0 Å². The van der Waals surface area contributed by atoms with Gasteiger partial charge in [0.25, 0.3) is 0 Å². The van der Waals surface area contributed by atoms with Gasteiger partial charge in [0.05, 0.1) is 0 Å². The van der Waals surface area contributed by atoms with Gasteiger partial charge in [-0.15, -0.1) is 19.6 Å². The first-order valence-corrected chi connectivity index (χ1v) is 3.50. The Labute approximate surface area is 95.9 Å². The average molecular weight is 301 g/mol. The van der Waals surface area contributed by atoms with Crippen LogP contribution in [0.4, 0.5) is 0 Å². The molecule has 0 aliphatic heterocycles. The summed E-state index contributed by atoms with van der Waals surface area (Å²) in [7, 11) is -5.74. The van der Waals surface area contributed by atoms with Gasteiger partial charge in [0.1, 0.15) is 0 Å². The third-order valence-corrected chi connectivity index (χ3v) is 0. The summed E-state index contributed by atoms with van der Waals surface area (Å²) in [6, 6.07) is 0. The molecule has 0 spiro atoms. The molecule has 0 unspecified atom stereocenters. The Kier molecular flexibility index (Phi) is 23.1. The van der Waals surface area contributed by atoms with Crippen molar-refractivity contribution in [1.82, 2.24) is 0 Å². The molecule has 0 saturated heterocycles. The van der Waals surface area contributed by atoms with Gasteiger partial charge in [0, 0.05) is 9.13 Å². The molecule has 0 bridgehead atoms. The molecule has 52 valence electrons. The van der Waals surface area contributed by atoms with E-state index in [1.54, 1.807) is 0 Å². The Bertz CT molecular complexity index is 76.6. The van der Waals surface area contributed by atoms with Gasteiger partial charge in [-0.05, 0) is 0 Å². The van der Waals surface area contributed by atoms with Gasteiger partial charge in [0.2, 0.25) is 0 Å². The van der Waals surface area contributed by atoms with Crippen molar-refractivity contribution in [3.8, 4) is 0 Å². The molecule has 6 nitrogen and oxygen atoms in total. The molecular weight excluding hydrogens is 295 g/mol. The van der Waals surface area contributed by atoms with Crippen molar-refractivity contribution in [2.24, 2.45) is 0 Å². The van der Waals surface area contributed by atoms with Crippen molar-refractivity contribution in [1.29, 1.82) is 0 Å². The van der Waals surface area contributed by atoms with Crippen LogP contribution >= 0.6 is 16.5 Å². The van der Waals surface area contributed by atoms with E-state index in [0.717, 1.165) is 0 Å². The molecular formula is H6BaO6P2+2. The molecule has 4 N–H and O–H groups in total. The zero-order valence-corrected chi connectivity index (χ0v) is 10.4. The van der Waals surface area contributed by atoms with E-state index in [2.05, 4.69) is 0 Å². The van der Waals surface area contributed by atoms with Crippen molar-refractivity contribution in [2.45, 2.75) is 0 Å². The van der Waals surface area contributed by atoms with Crippen molar-refractivity contribution in [2.75, 3.05) is 0 Å². The first-order valence-electron chi connectivity index (χ1n) is 1.17. The summed E-state index contributed by atoms with van der Waals surface area (Å²) in [6.07, 6.45) is 0. The molecule has 0 heterocycles. The monoisotopic (exact) mass is 302 g/mol. The minimum absolute atomic E-state index is 0. The molecule has 0 atom stereocenters. The normalized spacial score (nSPS) is 5.78. The van der Waals surface area contributed by atoms with Crippen LogP contribution in [0.2, 0.25) is 0 Å². The quantitative estimate of drug-likeness (QED) is 0.340. The summed E-state index contributed by atoms with van der Waals surface area (Å²) in [6.45, 7) is 0. The maximum absolute atomic E-state index is 8.70. The largest absolute Gasteiger partial charge is 2.00 e. The molecule has 0 rings (SSSR count). The van der Waals surface area contributed by atoms with E-state index in [0.29, 0.717) is 0 Å². The Morgan fingerprint density at radius 2 is 0.889 bits per heavy atom. The molecule has 0 aromatic rings. The Hall–Kier alpha value is 1.61. The summed E-state index contributed by atoms with van der Waals surface area (Å²) in [5.74, 6) is 0. The molecule has 0 aromatic carbocycles. The smallest absolute Gasteiger partial charge is 1.00 e. The Morgan fingerprint density at radius 3 is 0.889 bits per heavy atom. The van der Waals surface area contributed by atoms with Crippen LogP contribution in [0.3, 0.4) is 0 Å². The Balaban J connectivity index is -0.0000000171. The van der Waals surface area contributed by atoms with Crippen molar-refractivity contribution >= 4 is 65.4 Å². The summed E-state index contributed by atoms with van der Waals surface area (Å²) < 4.78 is 17.4. The van der Waals surface area contributed by atoms with Gasteiger partial charge in [-0.25, -0.2) is 0 Å². The van der Waals surface area contributed by atoms with E-state index in [4.69, 9.17) is 28.7 Å². The van der Waals surface area contributed by atoms with Crippen LogP contribution in [0.15, 0.2) is 0 Å². The van der Waals surface area contributed by atoms with E-state index in [-0.39, 0.29) is 51.7 Å². The molecule has 0 fully saturated rings. The predicted octanol–water partition coefficient (Wildman–Crippen LogP) is -0.899. The van der Waals surface area contributed by atoms with Crippen molar-refractivity contribution in [3.05, 3.63) is 0 Å². The van der Waals surface area contributed by atoms with E-state index in [9.17, 15) is 0 Å². The average Bonchev–Trinajstić information content (AvgIpc) is 1.25. The third kappa shape index (κ3) is 214. The minimum atomic E-state index is -2.87. The summed E-state index contributed by atoms with van der Waals surface area (Å²) in [5, 5.41) is 0. The fourth-order valence-corrected chi connectivity index (χ4v) is 0. The molecule has 0 radical (unpaired) electrons. The van der Waals surface area contributed by atoms with Gasteiger partial charge in [-0.3, -0.25) is 0 Å². The topological polar surface area (TPSA) is 115 Å². The molecule has 0 amide bonds. The maximum Gasteiger partial charge on any atom is 2.00 e. The van der Waals surface area contributed by atoms with E-state index in [1.807, 2.05) is 0 Å². The minimum Gasteiger partial charge on any atom is -1.00 e. The molecule has 0 aromatic heterocycles. The van der Waals surface area contributed by atoms with Crippen LogP contribution in [0.1, 0.15) is 2.85 Å². The van der Waals surface area contributed by atoms with Crippen molar-refractivity contribution < 1.29 is 31.6 Å². The first kappa shape index (κ1) is 16.9. The molecule has 0 aliphatic carbocycles. The van der Waals surface area contributed by atoms with Crippen LogP contribution in [0, 0.1) is 0 Å². The zero-order chi connectivity index (χ0) is 7.15. The fourth-order valence-electron chi connectivity index (χ4n) is 0. The van der Waals surface area contributed by atoms with Crippen LogP contribution in [-0.4, -0.2) is 68.5 Å². The van der Waals surface area contributed by atoms with Crippen LogP contribution in [0.25, 0.3) is 0 Å². The first-order chi connectivity index (χ1) is 3.46. The van der Waals surface area contributed by atoms with Gasteiger partial charge < -0.3 is 2.85 Å². The van der Waals surface area contributed by atoms with Crippen molar-refractivity contribution in [3.63, 3.8) is 0 Å². The Morgan fingerprint density at radius 1 is 0.889 bits per heavy atom. The molecule has 9 heavy (non-hydrogen) atoms. The summed E-state index contributed by atoms with van der Waals surface area (Å²) in [5.41, 5.74) is 0. The molecule has 0 saturated carbocycles. The van der Waals surface area contributed by atoms with Crippen LogP contribution in [0.5, 0.6) is 0 Å². The number of hydrogen-bond acceptors (Lipinski definition) is 2. The van der Waals surface area contributed by atoms with Crippen LogP contribution in [-0.2, 0) is 9.13 Å². The predicted molar refractivity (Wildman–Crippen MR) is 32.1 cm³/mol. The second-order valence-corrected chi connectivity index (χ2v) is 1.52. The molecule has 9 heteroatoms. The maximum atomic E-state index is 8.70. The fraction of sp³-hybridized carbons (Fsp3) is 0. The summed E-state index contributed by atoms with van der Waals surface area (Å²) >= 11 is 0. The van der Waals surface area contributed by atoms with Gasteiger partial charge in [-0.2, -0.15) is 0 Å². The van der Waals surface area contributed by atoms with Gasteiger partial charge >= 0.3 is 65.4 Å². The number of rotatable bonds is 0. The zero-order valence-electron chi connectivity index (χ0n) is 6.21. The van der Waals surface area contributed by atoms with E-state index < -0.39 is 16.5 Å². The SMILES string of the molecule is O=[P+](O)O.O=[P+](O)O.[Ba+2].[H-].[H-]. The molecule has 0 aliphatic rings. The van der Waals surface area contributed by atoms with E-state index >= 15 is 0 Å². The second kappa shape index (κ2) is 12.3. The second-order valence-electron chi connectivity index (χ2n) is 0.505. The number of hydrogen-bond donors (Lipinski definition) is 4. The van der Waals surface area contributed by atoms with Gasteiger partial charge in [-0.1, -0.05) is 0 Å². The van der Waals surface area contributed by atoms with Gasteiger partial charge in [0.15, 0.2) is 0 Å². The van der Waals surface area contributed by atoms with E-state index in [1.165, 1.54) is 0 Å². The standard InChI is InChI=1S/Ba.2HO3P.2H/c;2*1-4(2)3;;/h;2*(H-,1,2,3);;/q+2;;;2*-1/p+2.